The largest absolute Gasteiger partial charge is 0.373 e. The number of hydrogen-bond donors (Lipinski definition) is 2. The number of rotatable bonds is 4. The first-order valence-electron chi connectivity index (χ1n) is 5.34. The van der Waals surface area contributed by atoms with E-state index in [9.17, 15) is 4.79 Å². The summed E-state index contributed by atoms with van der Waals surface area (Å²) in [5.41, 5.74) is 1.30. The molecule has 0 unspecified atom stereocenters. The van der Waals surface area contributed by atoms with Gasteiger partial charge in [0, 0.05) is 13.6 Å². The Bertz CT molecular complexity index is 542. The normalized spacial score (nSPS) is 10.1. The number of halogens is 1. The Morgan fingerprint density at radius 2 is 2.28 bits per heavy atom. The molecule has 2 aromatic heterocycles. The van der Waals surface area contributed by atoms with Crippen molar-refractivity contribution in [2.45, 2.75) is 6.54 Å². The third-order valence-corrected chi connectivity index (χ3v) is 3.39. The first-order valence-corrected chi connectivity index (χ1v) is 6.66. The molecule has 0 aromatic carbocycles. The molecule has 94 valence electrons. The van der Waals surface area contributed by atoms with Crippen molar-refractivity contribution < 1.29 is 4.79 Å². The van der Waals surface area contributed by atoms with Crippen molar-refractivity contribution in [2.24, 2.45) is 0 Å². The lowest BCUT2D eigenvalue weighted by atomic mass is 10.3. The van der Waals surface area contributed by atoms with Crippen LogP contribution in [-0.2, 0) is 6.54 Å². The van der Waals surface area contributed by atoms with Crippen LogP contribution in [0, 0.1) is 0 Å². The Morgan fingerprint density at radius 1 is 1.44 bits per heavy atom. The van der Waals surface area contributed by atoms with Gasteiger partial charge in [0.2, 0.25) is 0 Å². The third kappa shape index (κ3) is 3.00. The first kappa shape index (κ1) is 12.9. The van der Waals surface area contributed by atoms with Crippen LogP contribution < -0.4 is 10.6 Å². The average molecular weight is 282 g/mol. The maximum Gasteiger partial charge on any atom is 0.271 e. The molecule has 0 saturated heterocycles. The van der Waals surface area contributed by atoms with Crippen molar-refractivity contribution in [3.8, 4) is 0 Å². The van der Waals surface area contributed by atoms with Gasteiger partial charge in [-0.05, 0) is 34.5 Å². The van der Waals surface area contributed by atoms with Crippen LogP contribution in [0.3, 0.4) is 0 Å². The zero-order valence-corrected chi connectivity index (χ0v) is 11.3. The van der Waals surface area contributed by atoms with Gasteiger partial charge in [0.25, 0.3) is 5.91 Å². The maximum absolute atomic E-state index is 11.9. The van der Waals surface area contributed by atoms with Crippen LogP contribution in [0.4, 0.5) is 5.82 Å². The standard InChI is InChI=1S/C12H12ClN3OS/c1-14-10-3-2-9(13)11(16-10)12(17)15-6-8-4-5-18-7-8/h2-5,7H,6H2,1H3,(H,14,16)(H,15,17). The first-order chi connectivity index (χ1) is 8.70. The lowest BCUT2D eigenvalue weighted by molar-refractivity contribution is 0.0946. The third-order valence-electron chi connectivity index (χ3n) is 2.35. The van der Waals surface area contributed by atoms with Crippen LogP contribution in [-0.4, -0.2) is 17.9 Å². The van der Waals surface area contributed by atoms with Crippen LogP contribution in [0.25, 0.3) is 0 Å². The Labute approximate surface area is 114 Å². The highest BCUT2D eigenvalue weighted by molar-refractivity contribution is 7.07. The van der Waals surface area contributed by atoms with Gasteiger partial charge >= 0.3 is 0 Å². The second-order valence-electron chi connectivity index (χ2n) is 3.59. The summed E-state index contributed by atoms with van der Waals surface area (Å²) in [6.45, 7) is 0.476. The molecule has 2 aromatic rings. The number of carbonyl (C=O) groups is 1. The zero-order valence-electron chi connectivity index (χ0n) is 9.74. The predicted molar refractivity (Wildman–Crippen MR) is 74.3 cm³/mol. The van der Waals surface area contributed by atoms with Crippen molar-refractivity contribution in [3.63, 3.8) is 0 Å². The molecule has 6 heteroatoms. The van der Waals surface area contributed by atoms with E-state index in [0.717, 1.165) is 5.56 Å². The Kier molecular flexibility index (Phi) is 4.17. The molecule has 18 heavy (non-hydrogen) atoms. The molecule has 0 spiro atoms. The molecule has 0 radical (unpaired) electrons. The lowest BCUT2D eigenvalue weighted by Gasteiger charge is -2.07. The van der Waals surface area contributed by atoms with E-state index in [0.29, 0.717) is 17.4 Å². The summed E-state index contributed by atoms with van der Waals surface area (Å²) < 4.78 is 0. The highest BCUT2D eigenvalue weighted by atomic mass is 35.5. The molecule has 0 fully saturated rings. The molecular formula is C12H12ClN3OS. The fourth-order valence-corrected chi connectivity index (χ4v) is 2.26. The van der Waals surface area contributed by atoms with E-state index in [1.165, 1.54) is 0 Å². The smallest absolute Gasteiger partial charge is 0.271 e. The quantitative estimate of drug-likeness (QED) is 0.906. The molecule has 0 saturated carbocycles. The average Bonchev–Trinajstić information content (AvgIpc) is 2.89. The fourth-order valence-electron chi connectivity index (χ4n) is 1.40. The van der Waals surface area contributed by atoms with Crippen LogP contribution >= 0.6 is 22.9 Å². The summed E-state index contributed by atoms with van der Waals surface area (Å²) in [6, 6.07) is 5.34. The van der Waals surface area contributed by atoms with Crippen LogP contribution in [0.5, 0.6) is 0 Å². The number of anilines is 1. The minimum atomic E-state index is -0.275. The van der Waals surface area contributed by atoms with E-state index in [2.05, 4.69) is 15.6 Å². The van der Waals surface area contributed by atoms with Gasteiger partial charge in [0.1, 0.15) is 11.5 Å². The maximum atomic E-state index is 11.9. The van der Waals surface area contributed by atoms with E-state index < -0.39 is 0 Å². The monoisotopic (exact) mass is 281 g/mol. The number of aromatic nitrogens is 1. The van der Waals surface area contributed by atoms with E-state index in [4.69, 9.17) is 11.6 Å². The van der Waals surface area contributed by atoms with Crippen LogP contribution in [0.1, 0.15) is 16.1 Å². The van der Waals surface area contributed by atoms with E-state index in [-0.39, 0.29) is 11.6 Å². The molecular weight excluding hydrogens is 270 g/mol. The Hall–Kier alpha value is -1.59. The summed E-state index contributed by atoms with van der Waals surface area (Å²) in [6.07, 6.45) is 0. The van der Waals surface area contributed by atoms with Crippen molar-refractivity contribution in [3.05, 3.63) is 45.2 Å². The number of pyridine rings is 1. The highest BCUT2D eigenvalue weighted by Crippen LogP contribution is 2.16. The van der Waals surface area contributed by atoms with Crippen LogP contribution in [0.2, 0.25) is 5.02 Å². The number of amides is 1. The molecule has 0 atom stereocenters. The number of hydrogen-bond acceptors (Lipinski definition) is 4. The van der Waals surface area contributed by atoms with Gasteiger partial charge in [-0.15, -0.1) is 0 Å². The van der Waals surface area contributed by atoms with Gasteiger partial charge < -0.3 is 10.6 Å². The number of thiophene rings is 1. The molecule has 1 amide bonds. The summed E-state index contributed by atoms with van der Waals surface area (Å²) in [7, 11) is 1.74. The summed E-state index contributed by atoms with van der Waals surface area (Å²) in [5, 5.41) is 9.95. The second-order valence-corrected chi connectivity index (χ2v) is 4.78. The topological polar surface area (TPSA) is 54.0 Å². The van der Waals surface area contributed by atoms with E-state index in [1.54, 1.807) is 30.5 Å². The molecule has 0 bridgehead atoms. The summed E-state index contributed by atoms with van der Waals surface area (Å²) in [4.78, 5) is 16.1. The number of carbonyl (C=O) groups excluding carboxylic acids is 1. The van der Waals surface area contributed by atoms with Gasteiger partial charge in [-0.25, -0.2) is 4.98 Å². The lowest BCUT2D eigenvalue weighted by Crippen LogP contribution is -2.24. The fraction of sp³-hybridized carbons (Fsp3) is 0.167. The molecule has 2 rings (SSSR count). The SMILES string of the molecule is CNc1ccc(Cl)c(C(=O)NCc2ccsc2)n1. The Balaban J connectivity index is 2.08. The van der Waals surface area contributed by atoms with Crippen molar-refractivity contribution in [1.82, 2.24) is 10.3 Å². The van der Waals surface area contributed by atoms with Crippen molar-refractivity contribution >= 4 is 34.7 Å². The molecule has 2 heterocycles. The predicted octanol–water partition coefficient (Wildman–Crippen LogP) is 2.77. The molecule has 4 nitrogen and oxygen atoms in total. The minimum Gasteiger partial charge on any atom is -0.373 e. The summed E-state index contributed by atoms with van der Waals surface area (Å²) >= 11 is 7.55. The van der Waals surface area contributed by atoms with Crippen molar-refractivity contribution in [1.29, 1.82) is 0 Å². The summed E-state index contributed by atoms with van der Waals surface area (Å²) in [5.74, 6) is 0.336. The molecule has 2 N–H and O–H groups in total. The molecule has 0 aliphatic heterocycles. The van der Waals surface area contributed by atoms with Crippen molar-refractivity contribution in [2.75, 3.05) is 12.4 Å². The van der Waals surface area contributed by atoms with Crippen LogP contribution in [0.15, 0.2) is 29.0 Å². The van der Waals surface area contributed by atoms with Gasteiger partial charge in [-0.3, -0.25) is 4.79 Å². The highest BCUT2D eigenvalue weighted by Gasteiger charge is 2.12. The number of nitrogens with zero attached hydrogens (tertiary/aromatic N) is 1. The second kappa shape index (κ2) is 5.84. The minimum absolute atomic E-state index is 0.235. The molecule has 0 aliphatic carbocycles. The van der Waals surface area contributed by atoms with Gasteiger partial charge in [0.05, 0.1) is 5.02 Å². The number of nitrogens with one attached hydrogen (secondary N) is 2. The zero-order chi connectivity index (χ0) is 13.0. The Morgan fingerprint density at radius 3 is 2.94 bits per heavy atom. The van der Waals surface area contributed by atoms with Gasteiger partial charge in [-0.1, -0.05) is 11.6 Å². The van der Waals surface area contributed by atoms with Gasteiger partial charge in [-0.2, -0.15) is 11.3 Å². The van der Waals surface area contributed by atoms with Gasteiger partial charge in [0.15, 0.2) is 0 Å². The molecule has 0 aliphatic rings. The van der Waals surface area contributed by atoms with E-state index in [1.807, 2.05) is 16.8 Å². The van der Waals surface area contributed by atoms with E-state index >= 15 is 0 Å².